The van der Waals surface area contributed by atoms with Crippen molar-refractivity contribution in [3.05, 3.63) is 60.2 Å². The summed E-state index contributed by atoms with van der Waals surface area (Å²) in [5, 5.41) is 3.48. The summed E-state index contributed by atoms with van der Waals surface area (Å²) in [6.07, 6.45) is 2.17. The van der Waals surface area contributed by atoms with Crippen molar-refractivity contribution in [1.82, 2.24) is 0 Å². The van der Waals surface area contributed by atoms with Crippen molar-refractivity contribution in [2.45, 2.75) is 51.8 Å². The molecule has 4 nitrogen and oxygen atoms in total. The van der Waals surface area contributed by atoms with Crippen LogP contribution in [-0.2, 0) is 11.3 Å². The van der Waals surface area contributed by atoms with E-state index in [9.17, 15) is 4.79 Å². The summed E-state index contributed by atoms with van der Waals surface area (Å²) in [6.45, 7) is 6.12. The van der Waals surface area contributed by atoms with Crippen LogP contribution in [0.1, 0.15) is 39.2 Å². The molecule has 0 saturated heterocycles. The van der Waals surface area contributed by atoms with Crippen LogP contribution in [0.2, 0.25) is 0 Å². The largest absolute Gasteiger partial charge is 0.443 e. The van der Waals surface area contributed by atoms with E-state index in [1.165, 1.54) is 12.8 Å². The number of carbonyl (C=O) groups excluding carboxylic acids is 1. The Labute approximate surface area is 149 Å². The maximum absolute atomic E-state index is 12.7. The molecule has 0 unspecified atom stereocenters. The van der Waals surface area contributed by atoms with Gasteiger partial charge in [-0.05, 0) is 63.4 Å². The second-order valence-corrected chi connectivity index (χ2v) is 7.52. The van der Waals surface area contributed by atoms with Gasteiger partial charge in [0, 0.05) is 17.4 Å². The fourth-order valence-corrected chi connectivity index (χ4v) is 2.54. The highest BCUT2D eigenvalue weighted by molar-refractivity contribution is 5.87. The molecule has 0 heterocycles. The molecule has 0 atom stereocenters. The van der Waals surface area contributed by atoms with Crippen LogP contribution in [-0.4, -0.2) is 17.7 Å². The van der Waals surface area contributed by atoms with Crippen LogP contribution < -0.4 is 10.2 Å². The molecule has 2 aromatic carbocycles. The SMILES string of the molecule is CC(C)(C)OC(=O)N(Cc1ccc(NC2CC2)cc1)c1ccccc1. The molecule has 132 valence electrons. The fraction of sp³-hybridized carbons (Fsp3) is 0.381. The second kappa shape index (κ2) is 7.18. The molecule has 4 heteroatoms. The average molecular weight is 338 g/mol. The highest BCUT2D eigenvalue weighted by Gasteiger charge is 2.24. The van der Waals surface area contributed by atoms with E-state index in [0.717, 1.165) is 16.9 Å². The van der Waals surface area contributed by atoms with Crippen molar-refractivity contribution in [2.75, 3.05) is 10.2 Å². The van der Waals surface area contributed by atoms with E-state index >= 15 is 0 Å². The topological polar surface area (TPSA) is 41.6 Å². The molecule has 0 bridgehead atoms. The number of nitrogens with zero attached hydrogens (tertiary/aromatic N) is 1. The molecule has 1 saturated carbocycles. The summed E-state index contributed by atoms with van der Waals surface area (Å²) in [4.78, 5) is 14.4. The number of carbonyl (C=O) groups is 1. The van der Waals surface area contributed by atoms with Gasteiger partial charge in [0.05, 0.1) is 6.54 Å². The predicted molar refractivity (Wildman–Crippen MR) is 102 cm³/mol. The molecule has 1 amide bonds. The van der Waals surface area contributed by atoms with Crippen molar-refractivity contribution in [3.63, 3.8) is 0 Å². The van der Waals surface area contributed by atoms with Crippen molar-refractivity contribution < 1.29 is 9.53 Å². The van der Waals surface area contributed by atoms with Crippen molar-refractivity contribution in [2.24, 2.45) is 0 Å². The van der Waals surface area contributed by atoms with Gasteiger partial charge >= 0.3 is 6.09 Å². The van der Waals surface area contributed by atoms with E-state index in [-0.39, 0.29) is 6.09 Å². The van der Waals surface area contributed by atoms with Gasteiger partial charge in [0.1, 0.15) is 5.60 Å². The first-order valence-electron chi connectivity index (χ1n) is 8.82. The minimum absolute atomic E-state index is 0.334. The molecule has 2 aromatic rings. The van der Waals surface area contributed by atoms with Gasteiger partial charge in [-0.15, -0.1) is 0 Å². The first-order chi connectivity index (χ1) is 11.9. The first-order valence-corrected chi connectivity index (χ1v) is 8.82. The Morgan fingerprint density at radius 3 is 2.28 bits per heavy atom. The Hall–Kier alpha value is -2.49. The molecular formula is C21H26N2O2. The van der Waals surface area contributed by atoms with Crippen molar-refractivity contribution in [3.8, 4) is 0 Å². The maximum Gasteiger partial charge on any atom is 0.415 e. The number of anilines is 2. The minimum atomic E-state index is -0.526. The summed E-state index contributed by atoms with van der Waals surface area (Å²) in [5.41, 5.74) is 2.50. The van der Waals surface area contributed by atoms with Crippen molar-refractivity contribution >= 4 is 17.5 Å². The van der Waals surface area contributed by atoms with E-state index in [4.69, 9.17) is 4.74 Å². The Bertz CT molecular complexity index is 701. The van der Waals surface area contributed by atoms with Gasteiger partial charge in [-0.1, -0.05) is 30.3 Å². The van der Waals surface area contributed by atoms with Crippen molar-refractivity contribution in [1.29, 1.82) is 0 Å². The Balaban J connectivity index is 1.75. The summed E-state index contributed by atoms with van der Waals surface area (Å²) in [5.74, 6) is 0. The summed E-state index contributed by atoms with van der Waals surface area (Å²) < 4.78 is 5.59. The Morgan fingerprint density at radius 1 is 1.08 bits per heavy atom. The number of nitrogens with one attached hydrogen (secondary N) is 1. The van der Waals surface area contributed by atoms with Crippen LogP contribution in [0.5, 0.6) is 0 Å². The summed E-state index contributed by atoms with van der Waals surface area (Å²) in [6, 6.07) is 18.5. The minimum Gasteiger partial charge on any atom is -0.443 e. The van der Waals surface area contributed by atoms with E-state index in [1.54, 1.807) is 4.90 Å². The van der Waals surface area contributed by atoms with Crippen LogP contribution in [0.25, 0.3) is 0 Å². The third-order valence-corrected chi connectivity index (χ3v) is 3.92. The number of amides is 1. The van der Waals surface area contributed by atoms with Gasteiger partial charge < -0.3 is 10.1 Å². The summed E-state index contributed by atoms with van der Waals surface area (Å²) in [7, 11) is 0. The quantitative estimate of drug-likeness (QED) is 0.814. The van der Waals surface area contributed by atoms with Gasteiger partial charge in [-0.3, -0.25) is 4.90 Å². The zero-order chi connectivity index (χ0) is 17.9. The number of hydrogen-bond acceptors (Lipinski definition) is 3. The Morgan fingerprint density at radius 2 is 1.72 bits per heavy atom. The van der Waals surface area contributed by atoms with Gasteiger partial charge in [0.15, 0.2) is 0 Å². The van der Waals surface area contributed by atoms with E-state index in [0.29, 0.717) is 12.6 Å². The molecule has 25 heavy (non-hydrogen) atoms. The highest BCUT2D eigenvalue weighted by atomic mass is 16.6. The van der Waals surface area contributed by atoms with Crippen LogP contribution in [0, 0.1) is 0 Å². The van der Waals surface area contributed by atoms with Crippen LogP contribution >= 0.6 is 0 Å². The van der Waals surface area contributed by atoms with Gasteiger partial charge in [0.25, 0.3) is 0 Å². The monoisotopic (exact) mass is 338 g/mol. The number of ether oxygens (including phenoxy) is 1. The number of hydrogen-bond donors (Lipinski definition) is 1. The highest BCUT2D eigenvalue weighted by Crippen LogP contribution is 2.25. The lowest BCUT2D eigenvalue weighted by atomic mass is 10.1. The zero-order valence-electron chi connectivity index (χ0n) is 15.2. The molecule has 1 aliphatic rings. The lowest BCUT2D eigenvalue weighted by molar-refractivity contribution is 0.0577. The van der Waals surface area contributed by atoms with Gasteiger partial charge in [-0.2, -0.15) is 0 Å². The fourth-order valence-electron chi connectivity index (χ4n) is 2.54. The Kier molecular flexibility index (Phi) is 4.98. The zero-order valence-corrected chi connectivity index (χ0v) is 15.2. The molecule has 1 fully saturated rings. The standard InChI is InChI=1S/C21H26N2O2/c1-21(2,3)25-20(24)23(19-7-5-4-6-8-19)15-16-9-11-17(12-10-16)22-18-13-14-18/h4-12,18,22H,13-15H2,1-3H3. The molecule has 1 N–H and O–H groups in total. The van der Waals surface area contributed by atoms with E-state index < -0.39 is 5.60 Å². The third kappa shape index (κ3) is 5.24. The molecular weight excluding hydrogens is 312 g/mol. The number of benzene rings is 2. The molecule has 0 radical (unpaired) electrons. The van der Waals surface area contributed by atoms with Gasteiger partial charge in [0.2, 0.25) is 0 Å². The molecule has 0 aromatic heterocycles. The van der Waals surface area contributed by atoms with E-state index in [1.807, 2.05) is 51.1 Å². The lowest BCUT2D eigenvalue weighted by Gasteiger charge is -2.27. The molecule has 1 aliphatic carbocycles. The summed E-state index contributed by atoms with van der Waals surface area (Å²) >= 11 is 0. The average Bonchev–Trinajstić information content (AvgIpc) is 3.37. The smallest absolute Gasteiger partial charge is 0.415 e. The second-order valence-electron chi connectivity index (χ2n) is 7.52. The normalized spacial score (nSPS) is 14.0. The van der Waals surface area contributed by atoms with Crippen LogP contribution in [0.3, 0.4) is 0 Å². The van der Waals surface area contributed by atoms with Crippen LogP contribution in [0.4, 0.5) is 16.2 Å². The van der Waals surface area contributed by atoms with Gasteiger partial charge in [-0.25, -0.2) is 4.79 Å². The number of para-hydroxylation sites is 1. The predicted octanol–water partition coefficient (Wildman–Crippen LogP) is 5.20. The lowest BCUT2D eigenvalue weighted by Crippen LogP contribution is -2.36. The maximum atomic E-state index is 12.7. The molecule has 0 spiro atoms. The van der Waals surface area contributed by atoms with E-state index in [2.05, 4.69) is 29.6 Å². The molecule has 0 aliphatic heterocycles. The first kappa shape index (κ1) is 17.3. The van der Waals surface area contributed by atoms with Crippen LogP contribution in [0.15, 0.2) is 54.6 Å². The third-order valence-electron chi connectivity index (χ3n) is 3.92. The molecule has 3 rings (SSSR count). The number of rotatable bonds is 5.